The number of nitrogens with zero attached hydrogens (tertiary/aromatic N) is 2. The SMILES string of the molecule is C=CC(=O)NC(C)c1nc2ccccc2n1CCCOc1ccc2ccccc2c1. The summed E-state index contributed by atoms with van der Waals surface area (Å²) in [6.45, 7) is 6.80. The molecule has 0 saturated heterocycles. The van der Waals surface area contributed by atoms with Gasteiger partial charge in [-0.1, -0.05) is 49.0 Å². The number of imidazole rings is 1. The Balaban J connectivity index is 1.46. The standard InChI is InChI=1S/C25H25N3O2/c1-3-24(29)26-18(2)25-27-22-11-6-7-12-23(22)28(25)15-8-16-30-21-14-13-19-9-4-5-10-20(19)17-21/h3-7,9-14,17-18H,1,8,15-16H2,2H3,(H,26,29). The minimum Gasteiger partial charge on any atom is -0.494 e. The third-order valence-corrected chi connectivity index (χ3v) is 5.13. The van der Waals surface area contributed by atoms with E-state index in [2.05, 4.69) is 46.8 Å². The van der Waals surface area contributed by atoms with Crippen LogP contribution >= 0.6 is 0 Å². The fraction of sp³-hybridized carbons (Fsp3) is 0.200. The Morgan fingerprint density at radius 3 is 2.73 bits per heavy atom. The van der Waals surface area contributed by atoms with Crippen molar-refractivity contribution in [1.29, 1.82) is 0 Å². The lowest BCUT2D eigenvalue weighted by molar-refractivity contribution is -0.117. The molecule has 0 aliphatic heterocycles. The van der Waals surface area contributed by atoms with Crippen molar-refractivity contribution in [3.63, 3.8) is 0 Å². The average molecular weight is 399 g/mol. The molecule has 152 valence electrons. The summed E-state index contributed by atoms with van der Waals surface area (Å²) in [4.78, 5) is 16.5. The summed E-state index contributed by atoms with van der Waals surface area (Å²) < 4.78 is 8.15. The lowest BCUT2D eigenvalue weighted by Gasteiger charge is -2.16. The molecule has 4 rings (SSSR count). The monoisotopic (exact) mass is 399 g/mol. The van der Waals surface area contributed by atoms with Crippen LogP contribution in [-0.2, 0) is 11.3 Å². The number of hydrogen-bond acceptors (Lipinski definition) is 3. The molecule has 0 fully saturated rings. The fourth-order valence-corrected chi connectivity index (χ4v) is 3.67. The molecular weight excluding hydrogens is 374 g/mol. The van der Waals surface area contributed by atoms with Crippen molar-refractivity contribution in [2.45, 2.75) is 25.9 Å². The quantitative estimate of drug-likeness (QED) is 0.334. The van der Waals surface area contributed by atoms with E-state index in [0.29, 0.717) is 6.61 Å². The number of nitrogens with one attached hydrogen (secondary N) is 1. The molecular formula is C25H25N3O2. The van der Waals surface area contributed by atoms with Crippen LogP contribution < -0.4 is 10.1 Å². The molecule has 5 nitrogen and oxygen atoms in total. The third-order valence-electron chi connectivity index (χ3n) is 5.13. The first-order valence-electron chi connectivity index (χ1n) is 10.2. The van der Waals surface area contributed by atoms with Gasteiger partial charge in [0.05, 0.1) is 23.7 Å². The van der Waals surface area contributed by atoms with Crippen LogP contribution in [-0.4, -0.2) is 22.1 Å². The molecule has 30 heavy (non-hydrogen) atoms. The summed E-state index contributed by atoms with van der Waals surface area (Å²) in [6, 6.07) is 22.2. The molecule has 1 amide bonds. The average Bonchev–Trinajstić information content (AvgIpc) is 3.15. The zero-order valence-electron chi connectivity index (χ0n) is 17.0. The number of aromatic nitrogens is 2. The largest absolute Gasteiger partial charge is 0.494 e. The number of amides is 1. The van der Waals surface area contributed by atoms with Gasteiger partial charge in [-0.05, 0) is 54.5 Å². The lowest BCUT2D eigenvalue weighted by atomic mass is 10.1. The van der Waals surface area contributed by atoms with Crippen LogP contribution in [0.1, 0.15) is 25.2 Å². The molecule has 1 aromatic heterocycles. The first kappa shape index (κ1) is 19.7. The van der Waals surface area contributed by atoms with E-state index >= 15 is 0 Å². The molecule has 0 aliphatic carbocycles. The molecule has 0 aliphatic rings. The second-order valence-electron chi connectivity index (χ2n) is 7.26. The molecule has 0 bridgehead atoms. The Bertz CT molecular complexity index is 1200. The zero-order valence-corrected chi connectivity index (χ0v) is 17.0. The summed E-state index contributed by atoms with van der Waals surface area (Å²) in [5.41, 5.74) is 1.97. The smallest absolute Gasteiger partial charge is 0.243 e. The van der Waals surface area contributed by atoms with E-state index in [0.717, 1.165) is 35.6 Å². The van der Waals surface area contributed by atoms with Crippen LogP contribution in [0, 0.1) is 0 Å². The summed E-state index contributed by atoms with van der Waals surface area (Å²) in [5.74, 6) is 1.49. The zero-order chi connectivity index (χ0) is 20.9. The number of ether oxygens (including phenoxy) is 1. The van der Waals surface area contributed by atoms with E-state index in [4.69, 9.17) is 9.72 Å². The molecule has 0 saturated carbocycles. The van der Waals surface area contributed by atoms with E-state index < -0.39 is 0 Å². The normalized spacial score (nSPS) is 12.0. The minimum absolute atomic E-state index is 0.208. The predicted molar refractivity (Wildman–Crippen MR) is 121 cm³/mol. The van der Waals surface area contributed by atoms with Crippen molar-refractivity contribution in [2.24, 2.45) is 0 Å². The molecule has 1 heterocycles. The van der Waals surface area contributed by atoms with Gasteiger partial charge in [-0.2, -0.15) is 0 Å². The Hall–Kier alpha value is -3.60. The van der Waals surface area contributed by atoms with Gasteiger partial charge < -0.3 is 14.6 Å². The molecule has 1 N–H and O–H groups in total. The summed E-state index contributed by atoms with van der Waals surface area (Å²) in [7, 11) is 0. The highest BCUT2D eigenvalue weighted by molar-refractivity contribution is 5.87. The first-order chi connectivity index (χ1) is 14.7. The molecule has 0 radical (unpaired) electrons. The number of fused-ring (bicyclic) bond motifs is 2. The Labute approximate surface area is 176 Å². The van der Waals surface area contributed by atoms with Gasteiger partial charge in [-0.15, -0.1) is 0 Å². The van der Waals surface area contributed by atoms with Gasteiger partial charge in [-0.3, -0.25) is 4.79 Å². The highest BCUT2D eigenvalue weighted by Gasteiger charge is 2.17. The van der Waals surface area contributed by atoms with Gasteiger partial charge in [0.15, 0.2) is 0 Å². The molecule has 1 atom stereocenters. The van der Waals surface area contributed by atoms with E-state index in [-0.39, 0.29) is 11.9 Å². The highest BCUT2D eigenvalue weighted by atomic mass is 16.5. The van der Waals surface area contributed by atoms with Crippen molar-refractivity contribution in [2.75, 3.05) is 6.61 Å². The molecule has 0 spiro atoms. The first-order valence-corrected chi connectivity index (χ1v) is 10.2. The van der Waals surface area contributed by atoms with E-state index in [1.165, 1.54) is 16.8 Å². The molecule has 4 aromatic rings. The number of hydrogen-bond donors (Lipinski definition) is 1. The summed E-state index contributed by atoms with van der Waals surface area (Å²) in [5, 5.41) is 5.28. The van der Waals surface area contributed by atoms with Crippen molar-refractivity contribution >= 4 is 27.7 Å². The highest BCUT2D eigenvalue weighted by Crippen LogP contribution is 2.23. The maximum atomic E-state index is 11.7. The van der Waals surface area contributed by atoms with Crippen molar-refractivity contribution in [3.05, 3.63) is 85.2 Å². The van der Waals surface area contributed by atoms with Gasteiger partial charge in [0.25, 0.3) is 0 Å². The number of carbonyl (C=O) groups is 1. The minimum atomic E-state index is -0.218. The summed E-state index contributed by atoms with van der Waals surface area (Å²) in [6.07, 6.45) is 2.10. The predicted octanol–water partition coefficient (Wildman–Crippen LogP) is 5.02. The van der Waals surface area contributed by atoms with Crippen LogP contribution in [0.15, 0.2) is 79.4 Å². The van der Waals surface area contributed by atoms with E-state index in [1.54, 1.807) is 0 Å². The second kappa shape index (κ2) is 8.82. The maximum Gasteiger partial charge on any atom is 0.243 e. The van der Waals surface area contributed by atoms with Crippen molar-refractivity contribution < 1.29 is 9.53 Å². The lowest BCUT2D eigenvalue weighted by Crippen LogP contribution is -2.27. The molecule has 3 aromatic carbocycles. The van der Waals surface area contributed by atoms with E-state index in [9.17, 15) is 4.79 Å². The Morgan fingerprint density at radius 1 is 1.13 bits per heavy atom. The van der Waals surface area contributed by atoms with Crippen molar-refractivity contribution in [3.8, 4) is 5.75 Å². The van der Waals surface area contributed by atoms with Crippen LogP contribution in [0.25, 0.3) is 21.8 Å². The fourth-order valence-electron chi connectivity index (χ4n) is 3.67. The van der Waals surface area contributed by atoms with Crippen LogP contribution in [0.5, 0.6) is 5.75 Å². The van der Waals surface area contributed by atoms with Crippen LogP contribution in [0.2, 0.25) is 0 Å². The number of aryl methyl sites for hydroxylation is 1. The van der Waals surface area contributed by atoms with Gasteiger partial charge in [0, 0.05) is 6.54 Å². The molecule has 1 unspecified atom stereocenters. The molecule has 5 heteroatoms. The van der Waals surface area contributed by atoms with Crippen LogP contribution in [0.3, 0.4) is 0 Å². The van der Waals surface area contributed by atoms with E-state index in [1.807, 2.05) is 43.3 Å². The second-order valence-corrected chi connectivity index (χ2v) is 7.26. The Morgan fingerprint density at radius 2 is 1.90 bits per heavy atom. The topological polar surface area (TPSA) is 56.2 Å². The number of carbonyl (C=O) groups excluding carboxylic acids is 1. The van der Waals surface area contributed by atoms with Gasteiger partial charge in [-0.25, -0.2) is 4.98 Å². The Kier molecular flexibility index (Phi) is 5.80. The van der Waals surface area contributed by atoms with Crippen molar-refractivity contribution in [1.82, 2.24) is 14.9 Å². The number of para-hydroxylation sites is 2. The number of rotatable bonds is 8. The van der Waals surface area contributed by atoms with Gasteiger partial charge in [0.1, 0.15) is 11.6 Å². The van der Waals surface area contributed by atoms with Gasteiger partial charge >= 0.3 is 0 Å². The summed E-state index contributed by atoms with van der Waals surface area (Å²) >= 11 is 0. The van der Waals surface area contributed by atoms with Crippen LogP contribution in [0.4, 0.5) is 0 Å². The number of benzene rings is 3. The van der Waals surface area contributed by atoms with Gasteiger partial charge in [0.2, 0.25) is 5.91 Å². The third kappa shape index (κ3) is 4.20. The maximum absolute atomic E-state index is 11.7.